The van der Waals surface area contributed by atoms with Gasteiger partial charge < -0.3 is 15.3 Å². The Labute approximate surface area is 119 Å². The van der Waals surface area contributed by atoms with Crippen LogP contribution in [0.5, 0.6) is 0 Å². The fraction of sp³-hybridized carbons (Fsp3) is 0.467. The quantitative estimate of drug-likeness (QED) is 0.805. The number of nitrogens with one attached hydrogen (secondary N) is 1. The van der Waals surface area contributed by atoms with E-state index in [1.165, 1.54) is 0 Å². The second-order valence-corrected chi connectivity index (χ2v) is 4.59. The summed E-state index contributed by atoms with van der Waals surface area (Å²) in [6, 6.07) is 8.45. The molecule has 0 fully saturated rings. The molecule has 1 unspecified atom stereocenters. The zero-order valence-corrected chi connectivity index (χ0v) is 12.0. The van der Waals surface area contributed by atoms with Crippen LogP contribution in [0, 0.1) is 0 Å². The zero-order chi connectivity index (χ0) is 15.0. The van der Waals surface area contributed by atoms with E-state index in [1.807, 2.05) is 44.2 Å². The van der Waals surface area contributed by atoms with Crippen LogP contribution >= 0.6 is 0 Å². The average Bonchev–Trinajstić information content (AvgIpc) is 2.44. The number of carboxylic acid groups (broad SMARTS) is 1. The topological polar surface area (TPSA) is 69.6 Å². The number of hydrogen-bond donors (Lipinski definition) is 2. The molecule has 0 heterocycles. The van der Waals surface area contributed by atoms with Gasteiger partial charge >= 0.3 is 12.0 Å². The molecular formula is C15H22N2O3. The summed E-state index contributed by atoms with van der Waals surface area (Å²) in [5, 5.41) is 11.8. The number of carbonyl (C=O) groups is 2. The fourth-order valence-electron chi connectivity index (χ4n) is 2.03. The van der Waals surface area contributed by atoms with Crippen molar-refractivity contribution >= 4 is 12.0 Å². The molecule has 1 aromatic rings. The third-order valence-corrected chi connectivity index (χ3v) is 3.04. The highest BCUT2D eigenvalue weighted by molar-refractivity contribution is 5.76. The van der Waals surface area contributed by atoms with Crippen LogP contribution in [-0.2, 0) is 4.79 Å². The molecular weight excluding hydrogens is 256 g/mol. The van der Waals surface area contributed by atoms with Crippen molar-refractivity contribution in [3.8, 4) is 0 Å². The predicted molar refractivity (Wildman–Crippen MR) is 77.5 cm³/mol. The van der Waals surface area contributed by atoms with E-state index >= 15 is 0 Å². The van der Waals surface area contributed by atoms with Crippen molar-refractivity contribution in [2.75, 3.05) is 13.1 Å². The molecule has 0 spiro atoms. The molecule has 1 aromatic carbocycles. The Morgan fingerprint density at radius 2 is 1.90 bits per heavy atom. The maximum atomic E-state index is 12.2. The van der Waals surface area contributed by atoms with Crippen molar-refractivity contribution in [3.05, 3.63) is 35.9 Å². The first-order valence-electron chi connectivity index (χ1n) is 6.90. The highest BCUT2D eigenvalue weighted by Crippen LogP contribution is 2.17. The number of rotatable bonds is 7. The lowest BCUT2D eigenvalue weighted by Crippen LogP contribution is -2.42. The Hall–Kier alpha value is -2.04. The summed E-state index contributed by atoms with van der Waals surface area (Å²) in [5.41, 5.74) is 0.802. The van der Waals surface area contributed by atoms with E-state index < -0.39 is 12.0 Å². The molecule has 0 aliphatic heterocycles. The van der Waals surface area contributed by atoms with Crippen molar-refractivity contribution in [2.45, 2.75) is 32.7 Å². The standard InChI is InChI=1S/C15H22N2O3/c1-3-10-17(4-2)15(20)16-13(11-14(18)19)12-8-6-5-7-9-12/h5-9,13H,3-4,10-11H2,1-2H3,(H,16,20)(H,18,19). The van der Waals surface area contributed by atoms with Gasteiger partial charge in [-0.1, -0.05) is 37.3 Å². The zero-order valence-electron chi connectivity index (χ0n) is 12.0. The molecule has 1 atom stereocenters. The number of amides is 2. The molecule has 110 valence electrons. The lowest BCUT2D eigenvalue weighted by molar-refractivity contribution is -0.137. The second-order valence-electron chi connectivity index (χ2n) is 4.59. The van der Waals surface area contributed by atoms with E-state index in [0.717, 1.165) is 12.0 Å². The molecule has 5 nitrogen and oxygen atoms in total. The van der Waals surface area contributed by atoms with Gasteiger partial charge in [-0.25, -0.2) is 4.79 Å². The molecule has 20 heavy (non-hydrogen) atoms. The van der Waals surface area contributed by atoms with Crippen LogP contribution in [0.25, 0.3) is 0 Å². The summed E-state index contributed by atoms with van der Waals surface area (Å²) in [6.07, 6.45) is 0.746. The number of aliphatic carboxylic acids is 1. The first kappa shape index (κ1) is 16.0. The monoisotopic (exact) mass is 278 g/mol. The Morgan fingerprint density at radius 3 is 2.40 bits per heavy atom. The van der Waals surface area contributed by atoms with Gasteiger partial charge in [-0.15, -0.1) is 0 Å². The van der Waals surface area contributed by atoms with Gasteiger partial charge in [0, 0.05) is 13.1 Å². The van der Waals surface area contributed by atoms with Gasteiger partial charge in [-0.05, 0) is 18.9 Å². The van der Waals surface area contributed by atoms with Gasteiger partial charge in [0.1, 0.15) is 0 Å². The minimum absolute atomic E-state index is 0.126. The summed E-state index contributed by atoms with van der Waals surface area (Å²) in [5.74, 6) is -0.933. The lowest BCUT2D eigenvalue weighted by Gasteiger charge is -2.25. The van der Waals surface area contributed by atoms with Crippen LogP contribution in [0.1, 0.15) is 38.3 Å². The van der Waals surface area contributed by atoms with E-state index in [0.29, 0.717) is 13.1 Å². The van der Waals surface area contributed by atoms with Crippen molar-refractivity contribution in [1.82, 2.24) is 10.2 Å². The number of hydrogen-bond acceptors (Lipinski definition) is 2. The van der Waals surface area contributed by atoms with Crippen LogP contribution in [0.4, 0.5) is 4.79 Å². The summed E-state index contributed by atoms with van der Waals surface area (Å²) in [6.45, 7) is 5.18. The average molecular weight is 278 g/mol. The Kier molecular flexibility index (Phi) is 6.56. The van der Waals surface area contributed by atoms with E-state index in [9.17, 15) is 9.59 Å². The maximum Gasteiger partial charge on any atom is 0.317 e. The molecule has 0 radical (unpaired) electrons. The van der Waals surface area contributed by atoms with Crippen molar-refractivity contribution in [2.24, 2.45) is 0 Å². The normalized spacial score (nSPS) is 11.7. The number of nitrogens with zero attached hydrogens (tertiary/aromatic N) is 1. The molecule has 0 saturated heterocycles. The Bertz CT molecular complexity index is 434. The van der Waals surface area contributed by atoms with Gasteiger partial charge in [0.05, 0.1) is 12.5 Å². The summed E-state index contributed by atoms with van der Waals surface area (Å²) < 4.78 is 0. The van der Waals surface area contributed by atoms with E-state index in [4.69, 9.17) is 5.11 Å². The molecule has 0 aliphatic carbocycles. The SMILES string of the molecule is CCCN(CC)C(=O)NC(CC(=O)O)c1ccccc1. The number of carboxylic acids is 1. The molecule has 2 amide bonds. The summed E-state index contributed by atoms with van der Waals surface area (Å²) in [7, 11) is 0. The maximum absolute atomic E-state index is 12.2. The molecule has 0 aliphatic rings. The lowest BCUT2D eigenvalue weighted by atomic mass is 10.0. The second kappa shape index (κ2) is 8.19. The van der Waals surface area contributed by atoms with Crippen molar-refractivity contribution in [1.29, 1.82) is 0 Å². The molecule has 0 aromatic heterocycles. The van der Waals surface area contributed by atoms with Gasteiger partial charge in [-0.2, -0.15) is 0 Å². The third kappa shape index (κ3) is 4.91. The van der Waals surface area contributed by atoms with Crippen LogP contribution in [0.15, 0.2) is 30.3 Å². The number of benzene rings is 1. The Morgan fingerprint density at radius 1 is 1.25 bits per heavy atom. The summed E-state index contributed by atoms with van der Waals surface area (Å²) >= 11 is 0. The smallest absolute Gasteiger partial charge is 0.317 e. The Balaban J connectivity index is 2.79. The van der Waals surface area contributed by atoms with E-state index in [-0.39, 0.29) is 12.5 Å². The minimum Gasteiger partial charge on any atom is -0.481 e. The van der Waals surface area contributed by atoms with Crippen LogP contribution in [0.3, 0.4) is 0 Å². The highest BCUT2D eigenvalue weighted by Gasteiger charge is 2.20. The van der Waals surface area contributed by atoms with Gasteiger partial charge in [0.2, 0.25) is 0 Å². The van der Waals surface area contributed by atoms with Crippen molar-refractivity contribution < 1.29 is 14.7 Å². The first-order valence-corrected chi connectivity index (χ1v) is 6.90. The van der Waals surface area contributed by atoms with Gasteiger partial charge in [0.15, 0.2) is 0 Å². The molecule has 2 N–H and O–H groups in total. The van der Waals surface area contributed by atoms with Crippen molar-refractivity contribution in [3.63, 3.8) is 0 Å². The van der Waals surface area contributed by atoms with Gasteiger partial charge in [-0.3, -0.25) is 4.79 Å². The van der Waals surface area contributed by atoms with Gasteiger partial charge in [0.25, 0.3) is 0 Å². The molecule has 0 saturated carbocycles. The number of urea groups is 1. The number of carbonyl (C=O) groups excluding carboxylic acids is 1. The van der Waals surface area contributed by atoms with E-state index in [1.54, 1.807) is 4.90 Å². The predicted octanol–water partition coefficient (Wildman–Crippen LogP) is 2.64. The largest absolute Gasteiger partial charge is 0.481 e. The van der Waals surface area contributed by atoms with Crippen LogP contribution in [0.2, 0.25) is 0 Å². The molecule has 5 heteroatoms. The van der Waals surface area contributed by atoms with Crippen LogP contribution < -0.4 is 5.32 Å². The fourth-order valence-corrected chi connectivity index (χ4v) is 2.03. The van der Waals surface area contributed by atoms with E-state index in [2.05, 4.69) is 5.32 Å². The third-order valence-electron chi connectivity index (χ3n) is 3.04. The molecule has 1 rings (SSSR count). The van der Waals surface area contributed by atoms with Crippen LogP contribution in [-0.4, -0.2) is 35.1 Å². The highest BCUT2D eigenvalue weighted by atomic mass is 16.4. The minimum atomic E-state index is -0.933. The summed E-state index contributed by atoms with van der Waals surface area (Å²) in [4.78, 5) is 24.8. The first-order chi connectivity index (χ1) is 9.58. The molecule has 0 bridgehead atoms.